The second-order valence-electron chi connectivity index (χ2n) is 6.08. The van der Waals surface area contributed by atoms with Crippen LogP contribution in [-0.2, 0) is 6.42 Å². The van der Waals surface area contributed by atoms with Gasteiger partial charge in [-0.25, -0.2) is 0 Å². The predicted molar refractivity (Wildman–Crippen MR) is 95.0 cm³/mol. The average molecular weight is 339 g/mol. The summed E-state index contributed by atoms with van der Waals surface area (Å²) in [5.41, 5.74) is 7.56. The minimum Gasteiger partial charge on any atom is -0.460 e. The van der Waals surface area contributed by atoms with Crippen molar-refractivity contribution in [2.45, 2.75) is 32.7 Å². The molecular formula is C19H21N3O3. The smallest absolute Gasteiger partial charge is 0.259 e. The number of aromatic nitrogens is 1. The highest BCUT2D eigenvalue weighted by molar-refractivity contribution is 6.03. The number of nitrogens with one attached hydrogen (secondary N) is 1. The monoisotopic (exact) mass is 339 g/mol. The van der Waals surface area contributed by atoms with Gasteiger partial charge in [-0.2, -0.15) is 0 Å². The molecule has 3 rings (SSSR count). The van der Waals surface area contributed by atoms with Crippen molar-refractivity contribution in [2.75, 3.05) is 5.73 Å². The average Bonchev–Trinajstić information content (AvgIpc) is 3.19. The van der Waals surface area contributed by atoms with Crippen LogP contribution in [0.25, 0.3) is 11.5 Å². The number of furan rings is 1. The van der Waals surface area contributed by atoms with Crippen molar-refractivity contribution >= 4 is 11.8 Å². The molecule has 3 N–H and O–H groups in total. The molecule has 0 saturated carbocycles. The quantitative estimate of drug-likeness (QED) is 0.716. The lowest BCUT2D eigenvalue weighted by molar-refractivity contribution is 0.0939. The van der Waals surface area contributed by atoms with Gasteiger partial charge in [0.1, 0.15) is 11.3 Å². The Balaban J connectivity index is 1.68. The molecule has 0 fully saturated rings. The number of nitrogen functional groups attached to an aromatic ring is 1. The topological polar surface area (TPSA) is 94.3 Å². The van der Waals surface area contributed by atoms with Gasteiger partial charge in [0.2, 0.25) is 5.88 Å². The highest BCUT2D eigenvalue weighted by atomic mass is 16.5. The minimum absolute atomic E-state index is 0.0168. The highest BCUT2D eigenvalue weighted by Crippen LogP contribution is 2.28. The van der Waals surface area contributed by atoms with E-state index in [2.05, 4.69) is 22.6 Å². The Hall–Kier alpha value is -3.02. The number of nitrogens with zero attached hydrogens (tertiary/aromatic N) is 1. The number of amides is 1. The largest absolute Gasteiger partial charge is 0.460 e. The van der Waals surface area contributed by atoms with Crippen LogP contribution in [0.1, 0.15) is 35.0 Å². The van der Waals surface area contributed by atoms with E-state index >= 15 is 0 Å². The van der Waals surface area contributed by atoms with Crippen LogP contribution in [0.2, 0.25) is 0 Å². The van der Waals surface area contributed by atoms with Crippen LogP contribution in [0.4, 0.5) is 5.88 Å². The molecule has 25 heavy (non-hydrogen) atoms. The maximum Gasteiger partial charge on any atom is 0.259 e. The minimum atomic E-state index is -0.316. The number of carbonyl (C=O) groups is 1. The molecule has 0 aliphatic rings. The number of aryl methyl sites for hydroxylation is 2. The fourth-order valence-electron chi connectivity index (χ4n) is 2.65. The van der Waals surface area contributed by atoms with Gasteiger partial charge in [-0.3, -0.25) is 4.79 Å². The number of nitrogens with two attached hydrogens (primary N) is 1. The van der Waals surface area contributed by atoms with Crippen LogP contribution in [0, 0.1) is 6.92 Å². The molecule has 130 valence electrons. The molecule has 6 nitrogen and oxygen atoms in total. The van der Waals surface area contributed by atoms with Gasteiger partial charge in [-0.05, 0) is 44.4 Å². The third-order valence-corrected chi connectivity index (χ3v) is 4.01. The van der Waals surface area contributed by atoms with E-state index in [0.29, 0.717) is 11.5 Å². The molecule has 2 heterocycles. The van der Waals surface area contributed by atoms with Crippen molar-refractivity contribution < 1.29 is 13.7 Å². The van der Waals surface area contributed by atoms with Crippen LogP contribution in [0.15, 0.2) is 51.4 Å². The van der Waals surface area contributed by atoms with Gasteiger partial charge in [0.05, 0.1) is 0 Å². The summed E-state index contributed by atoms with van der Waals surface area (Å²) < 4.78 is 10.5. The molecule has 1 unspecified atom stereocenters. The van der Waals surface area contributed by atoms with E-state index in [1.807, 2.05) is 32.0 Å². The Morgan fingerprint density at radius 2 is 2.00 bits per heavy atom. The number of carbonyl (C=O) groups excluding carboxylic acids is 1. The molecule has 0 aliphatic carbocycles. The van der Waals surface area contributed by atoms with Crippen LogP contribution in [0.5, 0.6) is 0 Å². The number of hydrogen-bond acceptors (Lipinski definition) is 5. The second kappa shape index (κ2) is 7.25. The zero-order valence-electron chi connectivity index (χ0n) is 14.3. The molecule has 0 aliphatic heterocycles. The molecule has 1 amide bonds. The first kappa shape index (κ1) is 16.8. The Labute approximate surface area is 146 Å². The van der Waals surface area contributed by atoms with Gasteiger partial charge in [-0.15, -0.1) is 0 Å². The second-order valence-corrected chi connectivity index (χ2v) is 6.08. The summed E-state index contributed by atoms with van der Waals surface area (Å²) in [5.74, 6) is 0.847. The molecule has 3 aromatic rings. The number of hydrogen-bond donors (Lipinski definition) is 2. The highest BCUT2D eigenvalue weighted by Gasteiger charge is 2.25. The standard InChI is InChI=1S/C19H21N3O3/c1-12(8-10-14-6-4-3-5-7-14)21-19(23)16-17(22-25-18(16)20)15-11-9-13(2)24-15/h3-7,9,11-12H,8,10,20H2,1-2H3,(H,21,23). The van der Waals surface area contributed by atoms with Crippen molar-refractivity contribution in [1.29, 1.82) is 0 Å². The molecule has 0 bridgehead atoms. The third kappa shape index (κ3) is 3.91. The zero-order chi connectivity index (χ0) is 17.8. The van der Waals surface area contributed by atoms with Gasteiger partial charge in [0.25, 0.3) is 5.91 Å². The lowest BCUT2D eigenvalue weighted by Gasteiger charge is -2.13. The van der Waals surface area contributed by atoms with E-state index in [0.717, 1.165) is 18.6 Å². The first-order chi connectivity index (χ1) is 12.0. The lowest BCUT2D eigenvalue weighted by Crippen LogP contribution is -2.33. The summed E-state index contributed by atoms with van der Waals surface area (Å²) >= 11 is 0. The van der Waals surface area contributed by atoms with Crippen molar-refractivity contribution in [2.24, 2.45) is 0 Å². The van der Waals surface area contributed by atoms with Gasteiger partial charge < -0.3 is 20.0 Å². The number of benzene rings is 1. The van der Waals surface area contributed by atoms with Crippen molar-refractivity contribution in [3.63, 3.8) is 0 Å². The predicted octanol–water partition coefficient (Wildman–Crippen LogP) is 3.58. The van der Waals surface area contributed by atoms with Crippen LogP contribution >= 0.6 is 0 Å². The van der Waals surface area contributed by atoms with Crippen molar-refractivity contribution in [3.05, 3.63) is 59.4 Å². The summed E-state index contributed by atoms with van der Waals surface area (Å²) in [6.45, 7) is 3.78. The Morgan fingerprint density at radius 3 is 2.68 bits per heavy atom. The Morgan fingerprint density at radius 1 is 1.24 bits per heavy atom. The summed E-state index contributed by atoms with van der Waals surface area (Å²) in [6, 6.07) is 13.7. The SMILES string of the molecule is Cc1ccc(-c2noc(N)c2C(=O)NC(C)CCc2ccccc2)o1. The summed E-state index contributed by atoms with van der Waals surface area (Å²) in [7, 11) is 0. The molecule has 0 saturated heterocycles. The number of rotatable bonds is 6. The molecule has 6 heteroatoms. The summed E-state index contributed by atoms with van der Waals surface area (Å²) in [5, 5.41) is 6.82. The normalized spacial score (nSPS) is 12.1. The van der Waals surface area contributed by atoms with Crippen LogP contribution in [-0.4, -0.2) is 17.1 Å². The van der Waals surface area contributed by atoms with Crippen LogP contribution < -0.4 is 11.1 Å². The van der Waals surface area contributed by atoms with E-state index in [-0.39, 0.29) is 23.4 Å². The van der Waals surface area contributed by atoms with E-state index in [1.54, 1.807) is 12.1 Å². The van der Waals surface area contributed by atoms with Gasteiger partial charge in [0, 0.05) is 6.04 Å². The molecule has 0 radical (unpaired) electrons. The molecule has 1 atom stereocenters. The molecule has 1 aromatic carbocycles. The molecule has 0 spiro atoms. The van der Waals surface area contributed by atoms with Gasteiger partial charge in [-0.1, -0.05) is 35.5 Å². The molecular weight excluding hydrogens is 318 g/mol. The lowest BCUT2D eigenvalue weighted by atomic mass is 10.1. The van der Waals surface area contributed by atoms with E-state index in [9.17, 15) is 4.79 Å². The summed E-state index contributed by atoms with van der Waals surface area (Å²) in [6.07, 6.45) is 1.70. The fraction of sp³-hybridized carbons (Fsp3) is 0.263. The maximum absolute atomic E-state index is 12.6. The van der Waals surface area contributed by atoms with Crippen molar-refractivity contribution in [1.82, 2.24) is 10.5 Å². The first-order valence-electron chi connectivity index (χ1n) is 8.21. The Kier molecular flexibility index (Phi) is 4.88. The van der Waals surface area contributed by atoms with Crippen LogP contribution in [0.3, 0.4) is 0 Å². The molecule has 2 aromatic heterocycles. The van der Waals surface area contributed by atoms with Gasteiger partial charge in [0.15, 0.2) is 11.5 Å². The first-order valence-corrected chi connectivity index (χ1v) is 8.21. The maximum atomic E-state index is 12.6. The van der Waals surface area contributed by atoms with Gasteiger partial charge >= 0.3 is 0 Å². The third-order valence-electron chi connectivity index (χ3n) is 4.01. The number of anilines is 1. The zero-order valence-corrected chi connectivity index (χ0v) is 14.3. The summed E-state index contributed by atoms with van der Waals surface area (Å²) in [4.78, 5) is 12.6. The van der Waals surface area contributed by atoms with E-state index < -0.39 is 0 Å². The van der Waals surface area contributed by atoms with E-state index in [1.165, 1.54) is 5.56 Å². The van der Waals surface area contributed by atoms with E-state index in [4.69, 9.17) is 14.7 Å². The van der Waals surface area contributed by atoms with Crippen molar-refractivity contribution in [3.8, 4) is 11.5 Å². The fourth-order valence-corrected chi connectivity index (χ4v) is 2.65. The Bertz CT molecular complexity index is 852.